The Bertz CT molecular complexity index is 508. The Labute approximate surface area is 119 Å². The first-order valence-corrected chi connectivity index (χ1v) is 7.09. The smallest absolute Gasteiger partial charge is 0.247 e. The second-order valence-electron chi connectivity index (χ2n) is 4.42. The first-order valence-electron chi connectivity index (χ1n) is 7.09. The van der Waals surface area contributed by atoms with Gasteiger partial charge in [-0.25, -0.2) is 0 Å². The Balaban J connectivity index is 1.93. The van der Waals surface area contributed by atoms with Crippen LogP contribution in [0, 0.1) is 0 Å². The number of ether oxygens (including phenoxy) is 1. The van der Waals surface area contributed by atoms with Crippen molar-refractivity contribution in [1.82, 2.24) is 15.5 Å². The third-order valence-corrected chi connectivity index (χ3v) is 2.87. The highest BCUT2D eigenvalue weighted by molar-refractivity contribution is 5.53. The molecule has 0 aliphatic heterocycles. The van der Waals surface area contributed by atoms with Crippen molar-refractivity contribution in [3.8, 4) is 17.2 Å². The first-order chi connectivity index (χ1) is 9.83. The highest BCUT2D eigenvalue weighted by Gasteiger charge is 2.08. The molecule has 0 saturated heterocycles. The van der Waals surface area contributed by atoms with Crippen LogP contribution in [0.2, 0.25) is 0 Å². The summed E-state index contributed by atoms with van der Waals surface area (Å²) in [5, 5.41) is 11.4. The average Bonchev–Trinajstić information content (AvgIpc) is 2.94. The molecule has 5 heteroatoms. The quantitative estimate of drug-likeness (QED) is 0.750. The Hall–Kier alpha value is -1.88. The van der Waals surface area contributed by atoms with Crippen LogP contribution in [0.25, 0.3) is 11.5 Å². The molecular formula is C15H21N3O2. The minimum absolute atomic E-state index is 0.562. The number of nitrogens with one attached hydrogen (secondary N) is 1. The van der Waals surface area contributed by atoms with Crippen LogP contribution < -0.4 is 10.1 Å². The number of nitrogens with zero attached hydrogens (tertiary/aromatic N) is 2. The molecule has 0 spiro atoms. The third-order valence-electron chi connectivity index (χ3n) is 2.87. The summed E-state index contributed by atoms with van der Waals surface area (Å²) in [5.74, 6) is 2.10. The molecule has 0 atom stereocenters. The van der Waals surface area contributed by atoms with Crippen LogP contribution in [0.1, 0.15) is 26.2 Å². The summed E-state index contributed by atoms with van der Waals surface area (Å²) in [6.45, 7) is 6.68. The molecule has 2 rings (SSSR count). The van der Waals surface area contributed by atoms with Crippen LogP contribution in [0.5, 0.6) is 5.75 Å². The van der Waals surface area contributed by atoms with Crippen molar-refractivity contribution in [2.75, 3.05) is 19.7 Å². The van der Waals surface area contributed by atoms with E-state index in [9.17, 15) is 0 Å². The van der Waals surface area contributed by atoms with Gasteiger partial charge in [-0.15, -0.1) is 10.2 Å². The predicted octanol–water partition coefficient (Wildman–Crippen LogP) is 2.68. The molecule has 1 heterocycles. The maximum absolute atomic E-state index is 5.66. The molecule has 0 saturated carbocycles. The van der Waals surface area contributed by atoms with Crippen molar-refractivity contribution < 1.29 is 9.15 Å². The molecule has 0 unspecified atom stereocenters. The van der Waals surface area contributed by atoms with E-state index in [4.69, 9.17) is 9.15 Å². The summed E-state index contributed by atoms with van der Waals surface area (Å²) in [4.78, 5) is 0. The number of rotatable bonds is 8. The Morgan fingerprint density at radius 1 is 1.15 bits per heavy atom. The average molecular weight is 275 g/mol. The van der Waals surface area contributed by atoms with Gasteiger partial charge in [-0.2, -0.15) is 0 Å². The molecule has 0 fully saturated rings. The van der Waals surface area contributed by atoms with E-state index >= 15 is 0 Å². The summed E-state index contributed by atoms with van der Waals surface area (Å²) in [6.07, 6.45) is 1.80. The number of hydrogen-bond acceptors (Lipinski definition) is 5. The van der Waals surface area contributed by atoms with E-state index in [-0.39, 0.29) is 0 Å². The largest absolute Gasteiger partial charge is 0.494 e. The molecule has 20 heavy (non-hydrogen) atoms. The number of benzene rings is 1. The van der Waals surface area contributed by atoms with Crippen LogP contribution in [0.3, 0.4) is 0 Å². The maximum Gasteiger partial charge on any atom is 0.247 e. The lowest BCUT2D eigenvalue weighted by Crippen LogP contribution is -2.14. The standard InChI is InChI=1S/C15H21N3O2/c1-3-16-11-5-6-14-17-18-15(20-14)12-7-9-13(10-8-12)19-4-2/h7-10,16H,3-6,11H2,1-2H3. The van der Waals surface area contributed by atoms with Crippen molar-refractivity contribution >= 4 is 0 Å². The van der Waals surface area contributed by atoms with Crippen LogP contribution in [-0.4, -0.2) is 29.9 Å². The summed E-state index contributed by atoms with van der Waals surface area (Å²) >= 11 is 0. The second kappa shape index (κ2) is 7.65. The SMILES string of the molecule is CCNCCCc1nnc(-c2ccc(OCC)cc2)o1. The topological polar surface area (TPSA) is 60.2 Å². The van der Waals surface area contributed by atoms with Crippen LogP contribution in [-0.2, 0) is 6.42 Å². The van der Waals surface area contributed by atoms with Gasteiger partial charge in [0.25, 0.3) is 0 Å². The van der Waals surface area contributed by atoms with Crippen LogP contribution >= 0.6 is 0 Å². The van der Waals surface area contributed by atoms with Gasteiger partial charge in [0.2, 0.25) is 11.8 Å². The zero-order valence-corrected chi connectivity index (χ0v) is 12.1. The molecule has 0 amide bonds. The molecule has 5 nitrogen and oxygen atoms in total. The molecule has 0 bridgehead atoms. The number of aryl methyl sites for hydroxylation is 1. The lowest BCUT2D eigenvalue weighted by atomic mass is 10.2. The third kappa shape index (κ3) is 4.06. The van der Waals surface area contributed by atoms with E-state index in [2.05, 4.69) is 22.4 Å². The van der Waals surface area contributed by atoms with Gasteiger partial charge in [-0.05, 0) is 50.7 Å². The zero-order chi connectivity index (χ0) is 14.2. The monoisotopic (exact) mass is 275 g/mol. The second-order valence-corrected chi connectivity index (χ2v) is 4.42. The summed E-state index contributed by atoms with van der Waals surface area (Å²) in [6, 6.07) is 7.68. The number of hydrogen-bond donors (Lipinski definition) is 1. The van der Waals surface area contributed by atoms with E-state index in [1.54, 1.807) is 0 Å². The number of aromatic nitrogens is 2. The Kier molecular flexibility index (Phi) is 5.55. The fourth-order valence-corrected chi connectivity index (χ4v) is 1.87. The van der Waals surface area contributed by atoms with Gasteiger partial charge < -0.3 is 14.5 Å². The van der Waals surface area contributed by atoms with Gasteiger partial charge >= 0.3 is 0 Å². The highest BCUT2D eigenvalue weighted by Crippen LogP contribution is 2.21. The van der Waals surface area contributed by atoms with E-state index in [0.29, 0.717) is 18.4 Å². The van der Waals surface area contributed by atoms with E-state index in [1.807, 2.05) is 31.2 Å². The summed E-state index contributed by atoms with van der Waals surface area (Å²) < 4.78 is 11.1. The van der Waals surface area contributed by atoms with Gasteiger partial charge in [0.05, 0.1) is 6.61 Å². The molecule has 0 radical (unpaired) electrons. The predicted molar refractivity (Wildman–Crippen MR) is 77.8 cm³/mol. The fourth-order valence-electron chi connectivity index (χ4n) is 1.87. The maximum atomic E-state index is 5.66. The van der Waals surface area contributed by atoms with Crippen molar-refractivity contribution in [3.05, 3.63) is 30.2 Å². The van der Waals surface area contributed by atoms with Gasteiger partial charge in [-0.3, -0.25) is 0 Å². The fraction of sp³-hybridized carbons (Fsp3) is 0.467. The minimum Gasteiger partial charge on any atom is -0.494 e. The van der Waals surface area contributed by atoms with Gasteiger partial charge in [-0.1, -0.05) is 6.92 Å². The Morgan fingerprint density at radius 2 is 1.95 bits per heavy atom. The molecule has 0 aliphatic rings. The molecule has 0 aliphatic carbocycles. The molecular weight excluding hydrogens is 254 g/mol. The minimum atomic E-state index is 0.562. The van der Waals surface area contributed by atoms with Gasteiger partial charge in [0.1, 0.15) is 5.75 Å². The molecule has 1 aromatic carbocycles. The summed E-state index contributed by atoms with van der Waals surface area (Å²) in [5.41, 5.74) is 0.916. The highest BCUT2D eigenvalue weighted by atomic mass is 16.5. The van der Waals surface area contributed by atoms with E-state index < -0.39 is 0 Å². The summed E-state index contributed by atoms with van der Waals surface area (Å²) in [7, 11) is 0. The zero-order valence-electron chi connectivity index (χ0n) is 12.1. The molecule has 2 aromatic rings. The molecule has 108 valence electrons. The van der Waals surface area contributed by atoms with Gasteiger partial charge in [0.15, 0.2) is 0 Å². The van der Waals surface area contributed by atoms with Crippen molar-refractivity contribution in [1.29, 1.82) is 0 Å². The molecule has 1 aromatic heterocycles. The van der Waals surface area contributed by atoms with E-state index in [0.717, 1.165) is 37.2 Å². The van der Waals surface area contributed by atoms with Crippen molar-refractivity contribution in [2.45, 2.75) is 26.7 Å². The van der Waals surface area contributed by atoms with E-state index in [1.165, 1.54) is 0 Å². The van der Waals surface area contributed by atoms with Gasteiger partial charge in [0, 0.05) is 12.0 Å². The molecule has 1 N–H and O–H groups in total. The van der Waals surface area contributed by atoms with Crippen molar-refractivity contribution in [3.63, 3.8) is 0 Å². The normalized spacial score (nSPS) is 10.7. The Morgan fingerprint density at radius 3 is 2.65 bits per heavy atom. The lowest BCUT2D eigenvalue weighted by Gasteiger charge is -2.02. The first kappa shape index (κ1) is 14.5. The van der Waals surface area contributed by atoms with Crippen LogP contribution in [0.4, 0.5) is 0 Å². The van der Waals surface area contributed by atoms with Crippen LogP contribution in [0.15, 0.2) is 28.7 Å². The lowest BCUT2D eigenvalue weighted by molar-refractivity contribution is 0.340. The van der Waals surface area contributed by atoms with Crippen molar-refractivity contribution in [2.24, 2.45) is 0 Å².